The van der Waals surface area contributed by atoms with Crippen LogP contribution >= 0.6 is 0 Å². The van der Waals surface area contributed by atoms with Gasteiger partial charge in [-0.25, -0.2) is 9.97 Å². The second-order valence-electron chi connectivity index (χ2n) is 9.25. The van der Waals surface area contributed by atoms with Crippen molar-refractivity contribution >= 4 is 11.9 Å². The number of morpholine rings is 1. The van der Waals surface area contributed by atoms with E-state index >= 15 is 0 Å². The number of carbonyl (C=O) groups excluding carboxylic acids is 1. The molecule has 2 fully saturated rings. The summed E-state index contributed by atoms with van der Waals surface area (Å²) in [6.07, 6.45) is 4.81. The number of nitrogens with zero attached hydrogens (tertiary/aromatic N) is 4. The number of aliphatic hydroxyl groups is 1. The van der Waals surface area contributed by atoms with Crippen molar-refractivity contribution in [2.75, 3.05) is 44.8 Å². The molecule has 9 nitrogen and oxygen atoms in total. The number of benzene rings is 1. The topological polar surface area (TPSA) is 97.3 Å². The lowest BCUT2D eigenvalue weighted by Gasteiger charge is -2.49. The number of hydrogen-bond donors (Lipinski definition) is 1. The summed E-state index contributed by atoms with van der Waals surface area (Å²) in [7, 11) is 1.67. The summed E-state index contributed by atoms with van der Waals surface area (Å²) < 4.78 is 17.6. The van der Waals surface area contributed by atoms with Gasteiger partial charge in [0, 0.05) is 51.7 Å². The molecule has 1 N–H and O–H groups in total. The van der Waals surface area contributed by atoms with Crippen LogP contribution in [0.4, 0.5) is 5.95 Å². The molecule has 3 heterocycles. The number of likely N-dealkylation sites (tertiary alicyclic amines) is 1. The van der Waals surface area contributed by atoms with Crippen LogP contribution in [0, 0.1) is 0 Å². The second kappa shape index (κ2) is 10.7. The van der Waals surface area contributed by atoms with Crippen molar-refractivity contribution < 1.29 is 25.5 Å². The molecule has 0 aliphatic carbocycles. The van der Waals surface area contributed by atoms with Crippen LogP contribution in [0.5, 0.6) is 5.75 Å². The van der Waals surface area contributed by atoms with Crippen LogP contribution in [-0.2, 0) is 16.1 Å². The third-order valence-electron chi connectivity index (χ3n) is 6.31. The first kappa shape index (κ1) is 24.4. The van der Waals surface area contributed by atoms with Crippen molar-refractivity contribution in [3.05, 3.63) is 47.8 Å². The molecule has 34 heavy (non-hydrogen) atoms. The molecular formula is C25H36N4O5. The number of anilines is 1. The molecule has 0 bridgehead atoms. The van der Waals surface area contributed by atoms with Crippen molar-refractivity contribution in [3.63, 3.8) is 0 Å². The Balaban J connectivity index is 0.00000342. The summed E-state index contributed by atoms with van der Waals surface area (Å²) in [4.78, 5) is 26.1. The van der Waals surface area contributed by atoms with E-state index in [1.54, 1.807) is 43.8 Å². The number of ether oxygens (including phenoxy) is 3. The van der Waals surface area contributed by atoms with Crippen LogP contribution < -0.4 is 9.64 Å². The first-order valence-corrected chi connectivity index (χ1v) is 11.8. The van der Waals surface area contributed by atoms with E-state index in [4.69, 9.17) is 14.2 Å². The van der Waals surface area contributed by atoms with Gasteiger partial charge in [-0.3, -0.25) is 4.79 Å². The van der Waals surface area contributed by atoms with Gasteiger partial charge in [-0.1, -0.05) is 0 Å². The number of amides is 1. The van der Waals surface area contributed by atoms with Gasteiger partial charge in [0.1, 0.15) is 5.75 Å². The fraction of sp³-hybridized carbons (Fsp3) is 0.560. The summed E-state index contributed by atoms with van der Waals surface area (Å²) in [6, 6.07) is 7.07. The van der Waals surface area contributed by atoms with Crippen molar-refractivity contribution in [2.45, 2.75) is 51.1 Å². The van der Waals surface area contributed by atoms with Gasteiger partial charge in [0.2, 0.25) is 5.95 Å². The Bertz CT molecular complexity index is 970. The van der Waals surface area contributed by atoms with Crippen LogP contribution in [-0.4, -0.2) is 83.6 Å². The first-order valence-electron chi connectivity index (χ1n) is 11.8. The van der Waals surface area contributed by atoms with Crippen molar-refractivity contribution in [1.29, 1.82) is 0 Å². The highest BCUT2D eigenvalue weighted by molar-refractivity contribution is 5.94. The molecule has 0 radical (unpaired) electrons. The Kier molecular flexibility index (Phi) is 7.65. The lowest BCUT2D eigenvalue weighted by atomic mass is 9.88. The standard InChI is InChI=1S/C25H34N4O5.H2/c1-18(2)33-22-6-5-19(13-20(22)15-30)23(31)28-11-7-25(8-12-28)17-29(14-21(34-25)16-32-3)24-26-9-4-10-27-24;/h4-6,9-10,13,18,21,30H,7-8,11-12,14-17H2,1-3H3;1H. The maximum atomic E-state index is 13.2. The molecular weight excluding hydrogens is 436 g/mol. The molecule has 2 saturated heterocycles. The normalized spacial score (nSPS) is 20.1. The largest absolute Gasteiger partial charge is 0.491 e. The molecule has 2 aliphatic heterocycles. The van der Waals surface area contributed by atoms with E-state index in [9.17, 15) is 9.90 Å². The molecule has 1 spiro atoms. The summed E-state index contributed by atoms with van der Waals surface area (Å²) in [5, 5.41) is 9.75. The Morgan fingerprint density at radius 3 is 2.68 bits per heavy atom. The molecule has 1 aromatic carbocycles. The minimum Gasteiger partial charge on any atom is -0.491 e. The fourth-order valence-electron chi connectivity index (χ4n) is 4.75. The van der Waals surface area contributed by atoms with E-state index in [1.165, 1.54) is 0 Å². The highest BCUT2D eigenvalue weighted by Crippen LogP contribution is 2.34. The first-order chi connectivity index (χ1) is 16.4. The Hall–Kier alpha value is -2.75. The molecule has 1 amide bonds. The molecule has 2 aromatic rings. The van der Waals surface area contributed by atoms with E-state index in [-0.39, 0.29) is 31.7 Å². The Morgan fingerprint density at radius 1 is 1.29 bits per heavy atom. The number of hydrogen-bond acceptors (Lipinski definition) is 8. The minimum absolute atomic E-state index is 0. The van der Waals surface area contributed by atoms with Gasteiger partial charge in [-0.05, 0) is 51.0 Å². The van der Waals surface area contributed by atoms with E-state index < -0.39 is 0 Å². The highest BCUT2D eigenvalue weighted by atomic mass is 16.5. The van der Waals surface area contributed by atoms with Gasteiger partial charge >= 0.3 is 0 Å². The summed E-state index contributed by atoms with van der Waals surface area (Å²) in [5.74, 6) is 1.24. The second-order valence-corrected chi connectivity index (χ2v) is 9.25. The van der Waals surface area contributed by atoms with Gasteiger partial charge in [0.15, 0.2) is 0 Å². The number of aromatic nitrogens is 2. The third kappa shape index (κ3) is 5.48. The molecule has 1 aromatic heterocycles. The molecule has 0 saturated carbocycles. The monoisotopic (exact) mass is 472 g/mol. The number of carbonyl (C=O) groups is 1. The zero-order valence-corrected chi connectivity index (χ0v) is 20.1. The smallest absolute Gasteiger partial charge is 0.253 e. The molecule has 186 valence electrons. The number of methoxy groups -OCH3 is 1. The predicted octanol–water partition coefficient (Wildman–Crippen LogP) is 2.53. The van der Waals surface area contributed by atoms with Crippen molar-refractivity contribution in [1.82, 2.24) is 14.9 Å². The summed E-state index contributed by atoms with van der Waals surface area (Å²) >= 11 is 0. The van der Waals surface area contributed by atoms with E-state index in [2.05, 4.69) is 14.9 Å². The average Bonchev–Trinajstić information content (AvgIpc) is 2.84. The van der Waals surface area contributed by atoms with Gasteiger partial charge in [-0.2, -0.15) is 0 Å². The zero-order chi connectivity index (χ0) is 24.1. The summed E-state index contributed by atoms with van der Waals surface area (Å²) in [5.41, 5.74) is 0.782. The third-order valence-corrected chi connectivity index (χ3v) is 6.31. The van der Waals surface area contributed by atoms with Crippen molar-refractivity contribution in [3.8, 4) is 5.75 Å². The highest BCUT2D eigenvalue weighted by Gasteiger charge is 2.44. The maximum Gasteiger partial charge on any atom is 0.253 e. The molecule has 2 aliphatic rings. The van der Waals surface area contributed by atoms with E-state index in [0.29, 0.717) is 68.5 Å². The molecule has 1 unspecified atom stereocenters. The number of aliphatic hydroxyl groups excluding tert-OH is 1. The van der Waals surface area contributed by atoms with Crippen LogP contribution in [0.2, 0.25) is 0 Å². The quantitative estimate of drug-likeness (QED) is 0.657. The Labute approximate surface area is 202 Å². The minimum atomic E-state index is -0.386. The van der Waals surface area contributed by atoms with Crippen LogP contribution in [0.15, 0.2) is 36.7 Å². The fourth-order valence-corrected chi connectivity index (χ4v) is 4.75. The lowest BCUT2D eigenvalue weighted by molar-refractivity contribution is -0.145. The van der Waals surface area contributed by atoms with Gasteiger partial charge in [-0.15, -0.1) is 0 Å². The lowest BCUT2D eigenvalue weighted by Crippen LogP contribution is -2.61. The van der Waals surface area contributed by atoms with Crippen LogP contribution in [0.25, 0.3) is 0 Å². The van der Waals surface area contributed by atoms with Gasteiger partial charge in [0.25, 0.3) is 5.91 Å². The molecule has 1 atom stereocenters. The summed E-state index contributed by atoms with van der Waals surface area (Å²) in [6.45, 7) is 6.67. The molecule has 4 rings (SSSR count). The van der Waals surface area contributed by atoms with Crippen LogP contribution in [0.1, 0.15) is 44.0 Å². The van der Waals surface area contributed by atoms with Gasteiger partial charge < -0.3 is 29.1 Å². The average molecular weight is 473 g/mol. The van der Waals surface area contributed by atoms with Crippen molar-refractivity contribution in [2.24, 2.45) is 0 Å². The maximum absolute atomic E-state index is 13.2. The SMILES string of the molecule is COCC1CN(c2ncccn2)CC2(CCN(C(=O)c3ccc(OC(C)C)c(CO)c3)CC2)O1.[HH]. The Morgan fingerprint density at radius 2 is 2.03 bits per heavy atom. The number of piperidine rings is 1. The van der Waals surface area contributed by atoms with E-state index in [1.807, 2.05) is 18.7 Å². The molecule has 9 heteroatoms. The number of rotatable bonds is 7. The van der Waals surface area contributed by atoms with Gasteiger partial charge in [0.05, 0.1) is 37.6 Å². The van der Waals surface area contributed by atoms with E-state index in [0.717, 1.165) is 0 Å². The predicted molar refractivity (Wildman–Crippen MR) is 129 cm³/mol. The van der Waals surface area contributed by atoms with Crippen LogP contribution in [0.3, 0.4) is 0 Å². The zero-order valence-electron chi connectivity index (χ0n) is 20.1.